The molecule has 4 nitrogen and oxygen atoms in total. The van der Waals surface area contributed by atoms with Crippen LogP contribution in [-0.4, -0.2) is 4.92 Å². The van der Waals surface area contributed by atoms with Gasteiger partial charge in [-0.1, -0.05) is 48.2 Å². The van der Waals surface area contributed by atoms with Gasteiger partial charge in [-0.05, 0) is 60.2 Å². The average molecular weight is 391 g/mol. The number of fused-ring (bicyclic) bond motifs is 1. The SMILES string of the molecule is O=[N+]([O-])c1ccc(Sc2cccc(CN[C@H]3CCCc4ccccc43)c2)cc1. The van der Waals surface area contributed by atoms with Crippen molar-refractivity contribution in [1.29, 1.82) is 0 Å². The van der Waals surface area contributed by atoms with Gasteiger partial charge in [-0.2, -0.15) is 0 Å². The molecular formula is C23H22N2O2S. The molecule has 0 heterocycles. The zero-order chi connectivity index (χ0) is 19.3. The lowest BCUT2D eigenvalue weighted by Gasteiger charge is -2.26. The highest BCUT2D eigenvalue weighted by molar-refractivity contribution is 7.99. The van der Waals surface area contributed by atoms with Gasteiger partial charge in [-0.25, -0.2) is 0 Å². The number of rotatable bonds is 6. The van der Waals surface area contributed by atoms with Crippen LogP contribution in [0.25, 0.3) is 0 Å². The predicted molar refractivity (Wildman–Crippen MR) is 113 cm³/mol. The molecule has 0 fully saturated rings. The molecule has 0 unspecified atom stereocenters. The molecule has 0 spiro atoms. The van der Waals surface area contributed by atoms with E-state index in [9.17, 15) is 10.1 Å². The lowest BCUT2D eigenvalue weighted by Crippen LogP contribution is -2.24. The van der Waals surface area contributed by atoms with Crippen molar-refractivity contribution in [3.63, 3.8) is 0 Å². The van der Waals surface area contributed by atoms with E-state index in [1.54, 1.807) is 36.0 Å². The highest BCUT2D eigenvalue weighted by Gasteiger charge is 2.18. The third-order valence-electron chi connectivity index (χ3n) is 5.10. The largest absolute Gasteiger partial charge is 0.306 e. The second-order valence-corrected chi connectivity index (χ2v) is 8.17. The first-order valence-electron chi connectivity index (χ1n) is 9.51. The van der Waals surface area contributed by atoms with Gasteiger partial charge in [0.15, 0.2) is 0 Å². The van der Waals surface area contributed by atoms with E-state index >= 15 is 0 Å². The van der Waals surface area contributed by atoms with E-state index in [-0.39, 0.29) is 10.6 Å². The smallest absolute Gasteiger partial charge is 0.269 e. The van der Waals surface area contributed by atoms with Gasteiger partial charge in [-0.15, -0.1) is 0 Å². The number of aryl methyl sites for hydroxylation is 1. The summed E-state index contributed by atoms with van der Waals surface area (Å²) in [7, 11) is 0. The van der Waals surface area contributed by atoms with Crippen LogP contribution >= 0.6 is 11.8 Å². The molecule has 1 N–H and O–H groups in total. The topological polar surface area (TPSA) is 55.2 Å². The highest BCUT2D eigenvalue weighted by atomic mass is 32.2. The van der Waals surface area contributed by atoms with E-state index < -0.39 is 0 Å². The fraction of sp³-hybridized carbons (Fsp3) is 0.217. The highest BCUT2D eigenvalue weighted by Crippen LogP contribution is 2.31. The minimum absolute atomic E-state index is 0.120. The molecule has 0 amide bonds. The molecule has 0 aliphatic heterocycles. The maximum Gasteiger partial charge on any atom is 0.269 e. The zero-order valence-electron chi connectivity index (χ0n) is 15.5. The van der Waals surface area contributed by atoms with E-state index in [4.69, 9.17) is 0 Å². The molecular weight excluding hydrogens is 368 g/mol. The Balaban J connectivity index is 1.41. The standard InChI is InChI=1S/C23H22N2O2S/c26-25(27)19-11-13-20(14-12-19)28-21-8-3-5-17(15-21)16-24-23-10-4-7-18-6-1-2-9-22(18)23/h1-3,5-6,8-9,11-15,23-24H,4,7,10,16H2/t23-/m0/s1. The lowest BCUT2D eigenvalue weighted by atomic mass is 9.87. The van der Waals surface area contributed by atoms with Gasteiger partial charge in [0.25, 0.3) is 5.69 Å². The van der Waals surface area contributed by atoms with Crippen molar-refractivity contribution in [1.82, 2.24) is 5.32 Å². The van der Waals surface area contributed by atoms with Crippen molar-refractivity contribution in [3.05, 3.63) is 99.6 Å². The zero-order valence-corrected chi connectivity index (χ0v) is 16.3. The van der Waals surface area contributed by atoms with Crippen LogP contribution in [0.4, 0.5) is 5.69 Å². The maximum atomic E-state index is 10.8. The van der Waals surface area contributed by atoms with E-state index in [1.165, 1.54) is 36.0 Å². The number of nitro groups is 1. The Morgan fingerprint density at radius 1 is 1.00 bits per heavy atom. The van der Waals surface area contributed by atoms with Crippen LogP contribution in [0.2, 0.25) is 0 Å². The van der Waals surface area contributed by atoms with Crippen molar-refractivity contribution in [2.45, 2.75) is 41.6 Å². The van der Waals surface area contributed by atoms with E-state index in [0.717, 1.165) is 16.3 Å². The van der Waals surface area contributed by atoms with E-state index in [1.807, 2.05) is 0 Å². The predicted octanol–water partition coefficient (Wildman–Crippen LogP) is 5.91. The van der Waals surface area contributed by atoms with Crippen LogP contribution in [0.3, 0.4) is 0 Å². The first kappa shape index (κ1) is 18.7. The molecule has 4 rings (SSSR count). The summed E-state index contributed by atoms with van der Waals surface area (Å²) in [5, 5.41) is 14.5. The number of nitro benzene ring substituents is 1. The Bertz CT molecular complexity index is 972. The van der Waals surface area contributed by atoms with Gasteiger partial charge in [0, 0.05) is 34.5 Å². The molecule has 0 aromatic heterocycles. The summed E-state index contributed by atoms with van der Waals surface area (Å²) in [6, 6.07) is 24.3. The molecule has 0 saturated heterocycles. The lowest BCUT2D eigenvalue weighted by molar-refractivity contribution is -0.384. The monoisotopic (exact) mass is 390 g/mol. The molecule has 142 valence electrons. The Morgan fingerprint density at radius 3 is 2.64 bits per heavy atom. The molecule has 0 bridgehead atoms. The number of non-ortho nitro benzene ring substituents is 1. The Morgan fingerprint density at radius 2 is 1.82 bits per heavy atom. The number of hydrogen-bond donors (Lipinski definition) is 1. The summed E-state index contributed by atoms with van der Waals surface area (Å²) in [4.78, 5) is 12.5. The van der Waals surface area contributed by atoms with Crippen LogP contribution in [0, 0.1) is 10.1 Å². The second-order valence-electron chi connectivity index (χ2n) is 7.03. The minimum Gasteiger partial charge on any atom is -0.306 e. The van der Waals surface area contributed by atoms with Gasteiger partial charge in [0.2, 0.25) is 0 Å². The van der Waals surface area contributed by atoms with Gasteiger partial charge in [-0.3, -0.25) is 10.1 Å². The fourth-order valence-electron chi connectivity index (χ4n) is 3.70. The van der Waals surface area contributed by atoms with Crippen LogP contribution in [0.15, 0.2) is 82.6 Å². The van der Waals surface area contributed by atoms with Crippen LogP contribution in [0.1, 0.15) is 35.6 Å². The van der Waals surface area contributed by atoms with Crippen molar-refractivity contribution < 1.29 is 4.92 Å². The Kier molecular flexibility index (Phi) is 5.74. The first-order valence-corrected chi connectivity index (χ1v) is 10.3. The van der Waals surface area contributed by atoms with Crippen molar-refractivity contribution in [2.75, 3.05) is 0 Å². The van der Waals surface area contributed by atoms with E-state index in [0.29, 0.717) is 6.04 Å². The first-order chi connectivity index (χ1) is 13.7. The third-order valence-corrected chi connectivity index (χ3v) is 6.10. The number of nitrogens with zero attached hydrogens (tertiary/aromatic N) is 1. The van der Waals surface area contributed by atoms with Crippen LogP contribution in [-0.2, 0) is 13.0 Å². The number of benzene rings is 3. The molecule has 0 saturated carbocycles. The van der Waals surface area contributed by atoms with Gasteiger partial charge in [0.1, 0.15) is 0 Å². The molecule has 3 aromatic rings. The average Bonchev–Trinajstić information content (AvgIpc) is 2.73. The minimum atomic E-state index is -0.371. The van der Waals surface area contributed by atoms with Gasteiger partial charge < -0.3 is 5.32 Å². The third kappa shape index (κ3) is 4.43. The molecule has 0 radical (unpaired) electrons. The van der Waals surface area contributed by atoms with Crippen molar-refractivity contribution in [3.8, 4) is 0 Å². The second kappa shape index (κ2) is 8.59. The van der Waals surface area contributed by atoms with Gasteiger partial charge in [0.05, 0.1) is 4.92 Å². The van der Waals surface area contributed by atoms with Crippen molar-refractivity contribution in [2.24, 2.45) is 0 Å². The molecule has 1 aliphatic rings. The summed E-state index contributed by atoms with van der Waals surface area (Å²) in [6.07, 6.45) is 3.58. The summed E-state index contributed by atoms with van der Waals surface area (Å²) in [6.45, 7) is 0.827. The Labute approximate surface area is 169 Å². The molecule has 3 aromatic carbocycles. The summed E-state index contributed by atoms with van der Waals surface area (Å²) < 4.78 is 0. The Hall–Kier alpha value is -2.63. The number of hydrogen-bond acceptors (Lipinski definition) is 4. The number of nitrogens with one attached hydrogen (secondary N) is 1. The molecule has 28 heavy (non-hydrogen) atoms. The van der Waals surface area contributed by atoms with Crippen LogP contribution in [0.5, 0.6) is 0 Å². The summed E-state index contributed by atoms with van der Waals surface area (Å²) in [5.41, 5.74) is 4.27. The maximum absolute atomic E-state index is 10.8. The summed E-state index contributed by atoms with van der Waals surface area (Å²) in [5.74, 6) is 0. The van der Waals surface area contributed by atoms with Crippen LogP contribution < -0.4 is 5.32 Å². The molecule has 1 aliphatic carbocycles. The van der Waals surface area contributed by atoms with Crippen molar-refractivity contribution >= 4 is 17.4 Å². The van der Waals surface area contributed by atoms with E-state index in [2.05, 4.69) is 53.8 Å². The quantitative estimate of drug-likeness (QED) is 0.420. The summed E-state index contributed by atoms with van der Waals surface area (Å²) >= 11 is 1.62. The normalized spacial score (nSPS) is 15.8. The fourth-order valence-corrected chi connectivity index (χ4v) is 4.60. The molecule has 5 heteroatoms. The van der Waals surface area contributed by atoms with Gasteiger partial charge >= 0.3 is 0 Å². The molecule has 1 atom stereocenters.